The van der Waals surface area contributed by atoms with Gasteiger partial charge < -0.3 is 5.32 Å². The van der Waals surface area contributed by atoms with E-state index in [9.17, 15) is 0 Å². The van der Waals surface area contributed by atoms with E-state index in [-0.39, 0.29) is 0 Å². The molecule has 0 aliphatic rings. The van der Waals surface area contributed by atoms with Crippen LogP contribution in [0.4, 0.5) is 0 Å². The van der Waals surface area contributed by atoms with Crippen molar-refractivity contribution in [1.29, 1.82) is 0 Å². The summed E-state index contributed by atoms with van der Waals surface area (Å²) < 4.78 is 1.94. The Kier molecular flexibility index (Phi) is 6.00. The first-order chi connectivity index (χ1) is 10.2. The number of nitrogens with one attached hydrogen (secondary N) is 1. The summed E-state index contributed by atoms with van der Waals surface area (Å²) in [6.07, 6.45) is 7.94. The van der Waals surface area contributed by atoms with Crippen molar-refractivity contribution in [2.45, 2.75) is 46.1 Å². The van der Waals surface area contributed by atoms with E-state index in [4.69, 9.17) is 0 Å². The summed E-state index contributed by atoms with van der Waals surface area (Å²) >= 11 is 0. The molecule has 0 radical (unpaired) electrons. The van der Waals surface area contributed by atoms with Crippen LogP contribution in [0.5, 0.6) is 0 Å². The fourth-order valence-electron chi connectivity index (χ4n) is 2.40. The van der Waals surface area contributed by atoms with Crippen LogP contribution in [0.25, 0.3) is 5.69 Å². The van der Waals surface area contributed by atoms with Gasteiger partial charge in [-0.1, -0.05) is 44.9 Å². The number of nitrogens with zero attached hydrogens (tertiary/aromatic N) is 2. The third kappa shape index (κ3) is 5.01. The number of benzene rings is 1. The second-order valence-electron chi connectivity index (χ2n) is 6.12. The van der Waals surface area contributed by atoms with Gasteiger partial charge in [-0.2, -0.15) is 5.10 Å². The van der Waals surface area contributed by atoms with E-state index >= 15 is 0 Å². The zero-order chi connectivity index (χ0) is 15.1. The van der Waals surface area contributed by atoms with Crippen molar-refractivity contribution in [1.82, 2.24) is 15.1 Å². The smallest absolute Gasteiger partial charge is 0.0645 e. The van der Waals surface area contributed by atoms with Gasteiger partial charge in [-0.25, -0.2) is 4.68 Å². The van der Waals surface area contributed by atoms with E-state index in [1.165, 1.54) is 24.8 Å². The normalized spacial score (nSPS) is 12.8. The van der Waals surface area contributed by atoms with Gasteiger partial charge in [0, 0.05) is 17.8 Å². The Hall–Kier alpha value is -1.61. The van der Waals surface area contributed by atoms with Crippen LogP contribution in [0.1, 0.15) is 51.6 Å². The molecular formula is C18H27N3. The van der Waals surface area contributed by atoms with Crippen LogP contribution in [-0.2, 0) is 0 Å². The van der Waals surface area contributed by atoms with Crippen molar-refractivity contribution >= 4 is 0 Å². The molecule has 0 aliphatic heterocycles. The third-order valence-electron chi connectivity index (χ3n) is 3.78. The van der Waals surface area contributed by atoms with Crippen LogP contribution in [-0.4, -0.2) is 16.3 Å². The minimum absolute atomic E-state index is 0.349. The quantitative estimate of drug-likeness (QED) is 0.731. The summed E-state index contributed by atoms with van der Waals surface area (Å²) in [6, 6.07) is 10.6. The monoisotopic (exact) mass is 285 g/mol. The van der Waals surface area contributed by atoms with Crippen LogP contribution < -0.4 is 5.32 Å². The molecular weight excluding hydrogens is 258 g/mol. The van der Waals surface area contributed by atoms with Crippen LogP contribution in [0.3, 0.4) is 0 Å². The molecule has 0 aliphatic carbocycles. The van der Waals surface area contributed by atoms with Crippen molar-refractivity contribution < 1.29 is 0 Å². The number of rotatable bonds is 8. The fourth-order valence-corrected chi connectivity index (χ4v) is 2.40. The van der Waals surface area contributed by atoms with Gasteiger partial charge in [-0.15, -0.1) is 0 Å². The first-order valence-corrected chi connectivity index (χ1v) is 8.00. The summed E-state index contributed by atoms with van der Waals surface area (Å²) in [7, 11) is 0. The second-order valence-corrected chi connectivity index (χ2v) is 6.12. The summed E-state index contributed by atoms with van der Waals surface area (Å²) in [6.45, 7) is 7.85. The number of hydrogen-bond acceptors (Lipinski definition) is 2. The van der Waals surface area contributed by atoms with E-state index in [1.807, 2.05) is 29.1 Å². The molecule has 0 saturated heterocycles. The molecule has 21 heavy (non-hydrogen) atoms. The Labute approximate surface area is 128 Å². The first-order valence-electron chi connectivity index (χ1n) is 8.00. The van der Waals surface area contributed by atoms with Gasteiger partial charge in [0.25, 0.3) is 0 Å². The van der Waals surface area contributed by atoms with Crippen LogP contribution in [0.15, 0.2) is 42.7 Å². The van der Waals surface area contributed by atoms with Gasteiger partial charge >= 0.3 is 0 Å². The lowest BCUT2D eigenvalue weighted by Crippen LogP contribution is -2.19. The van der Waals surface area contributed by atoms with E-state index in [0.717, 1.165) is 18.2 Å². The third-order valence-corrected chi connectivity index (χ3v) is 3.78. The highest BCUT2D eigenvalue weighted by molar-refractivity contribution is 5.31. The largest absolute Gasteiger partial charge is 0.310 e. The average molecular weight is 285 g/mol. The second kappa shape index (κ2) is 7.99. The number of para-hydroxylation sites is 1. The Balaban J connectivity index is 1.81. The van der Waals surface area contributed by atoms with Gasteiger partial charge in [0.2, 0.25) is 0 Å². The number of aromatic nitrogens is 2. The molecule has 1 aromatic carbocycles. The van der Waals surface area contributed by atoms with Gasteiger partial charge in [0.05, 0.1) is 11.9 Å². The van der Waals surface area contributed by atoms with Crippen molar-refractivity contribution in [2.24, 2.45) is 5.92 Å². The molecule has 1 atom stereocenters. The molecule has 1 N–H and O–H groups in total. The summed E-state index contributed by atoms with van der Waals surface area (Å²) in [5.74, 6) is 0.812. The molecule has 1 aromatic heterocycles. The predicted octanol–water partition coefficient (Wildman–Crippen LogP) is 4.35. The molecule has 2 rings (SSSR count). The highest BCUT2D eigenvalue weighted by Gasteiger charge is 2.08. The lowest BCUT2D eigenvalue weighted by atomic mass is 10.1. The maximum atomic E-state index is 4.45. The molecule has 0 bridgehead atoms. The molecule has 1 heterocycles. The van der Waals surface area contributed by atoms with E-state index in [0.29, 0.717) is 6.04 Å². The zero-order valence-corrected chi connectivity index (χ0v) is 13.4. The first kappa shape index (κ1) is 15.8. The van der Waals surface area contributed by atoms with Crippen molar-refractivity contribution in [3.63, 3.8) is 0 Å². The van der Waals surface area contributed by atoms with Crippen molar-refractivity contribution in [3.8, 4) is 5.69 Å². The standard InChI is InChI=1S/C18H27N3/c1-15(2)9-7-8-12-19-16(3)17-13-20-21(14-17)18-10-5-4-6-11-18/h4-6,10-11,13-16,19H,7-9,12H2,1-3H3. The lowest BCUT2D eigenvalue weighted by molar-refractivity contribution is 0.498. The highest BCUT2D eigenvalue weighted by atomic mass is 15.3. The SMILES string of the molecule is CC(C)CCCCNC(C)c1cnn(-c2ccccc2)c1. The van der Waals surface area contributed by atoms with Gasteiger partial charge in [0.15, 0.2) is 0 Å². The van der Waals surface area contributed by atoms with Crippen LogP contribution >= 0.6 is 0 Å². The average Bonchev–Trinajstić information content (AvgIpc) is 2.97. The molecule has 0 amide bonds. The molecule has 3 heteroatoms. The summed E-state index contributed by atoms with van der Waals surface area (Å²) in [4.78, 5) is 0. The molecule has 2 aromatic rings. The van der Waals surface area contributed by atoms with E-state index < -0.39 is 0 Å². The van der Waals surface area contributed by atoms with E-state index in [1.54, 1.807) is 0 Å². The Morgan fingerprint density at radius 3 is 2.57 bits per heavy atom. The van der Waals surface area contributed by atoms with Crippen molar-refractivity contribution in [2.75, 3.05) is 6.54 Å². The molecule has 0 fully saturated rings. The molecule has 114 valence electrons. The summed E-state index contributed by atoms with van der Waals surface area (Å²) in [5, 5.41) is 8.04. The predicted molar refractivity (Wildman–Crippen MR) is 88.7 cm³/mol. The Morgan fingerprint density at radius 2 is 1.86 bits per heavy atom. The maximum Gasteiger partial charge on any atom is 0.0645 e. The minimum Gasteiger partial charge on any atom is -0.310 e. The van der Waals surface area contributed by atoms with Crippen LogP contribution in [0.2, 0.25) is 0 Å². The topological polar surface area (TPSA) is 29.9 Å². The maximum absolute atomic E-state index is 4.45. The Bertz CT molecular complexity index is 516. The van der Waals surface area contributed by atoms with Gasteiger partial charge in [0.1, 0.15) is 0 Å². The van der Waals surface area contributed by atoms with Crippen molar-refractivity contribution in [3.05, 3.63) is 48.3 Å². The lowest BCUT2D eigenvalue weighted by Gasteiger charge is -2.12. The molecule has 1 unspecified atom stereocenters. The minimum atomic E-state index is 0.349. The van der Waals surface area contributed by atoms with Crippen LogP contribution in [0, 0.1) is 5.92 Å². The fraction of sp³-hybridized carbons (Fsp3) is 0.500. The molecule has 0 spiro atoms. The van der Waals surface area contributed by atoms with Gasteiger partial charge in [-0.05, 0) is 37.9 Å². The summed E-state index contributed by atoms with van der Waals surface area (Å²) in [5.41, 5.74) is 2.34. The van der Waals surface area contributed by atoms with Gasteiger partial charge in [-0.3, -0.25) is 0 Å². The number of hydrogen-bond donors (Lipinski definition) is 1. The molecule has 0 saturated carbocycles. The Morgan fingerprint density at radius 1 is 1.10 bits per heavy atom. The highest BCUT2D eigenvalue weighted by Crippen LogP contribution is 2.14. The van der Waals surface area contributed by atoms with E-state index in [2.05, 4.69) is 49.5 Å². The number of unbranched alkanes of at least 4 members (excludes halogenated alkanes) is 1. The zero-order valence-electron chi connectivity index (χ0n) is 13.4. The molecule has 3 nitrogen and oxygen atoms in total.